The fourth-order valence-corrected chi connectivity index (χ4v) is 3.07. The smallest absolute Gasteiger partial charge is 0.137 e. The van der Waals surface area contributed by atoms with Crippen LogP contribution in [0.5, 0.6) is 0 Å². The topological polar surface area (TPSA) is 29.3 Å². The lowest BCUT2D eigenvalue weighted by atomic mass is 9.99. The minimum absolute atomic E-state index is 0.0658. The van der Waals surface area contributed by atoms with Gasteiger partial charge in [-0.1, -0.05) is 0 Å². The lowest BCUT2D eigenvalue weighted by Crippen LogP contribution is -2.21. The number of halogens is 2. The van der Waals surface area contributed by atoms with Gasteiger partial charge in [0, 0.05) is 23.0 Å². The summed E-state index contributed by atoms with van der Waals surface area (Å²) in [5.74, 6) is -0.304. The fourth-order valence-electron chi connectivity index (χ4n) is 2.60. The Morgan fingerprint density at radius 3 is 2.67 bits per heavy atom. The van der Waals surface area contributed by atoms with E-state index >= 15 is 0 Å². The van der Waals surface area contributed by atoms with E-state index in [2.05, 4.69) is 0 Å². The molecule has 5 heteroatoms. The molecule has 2 N–H and O–H groups in total. The molecule has 1 aliphatic heterocycles. The van der Waals surface area contributed by atoms with Gasteiger partial charge in [0.1, 0.15) is 11.6 Å². The molecule has 18 heavy (non-hydrogen) atoms. The van der Waals surface area contributed by atoms with E-state index in [1.165, 1.54) is 23.9 Å². The van der Waals surface area contributed by atoms with Gasteiger partial charge in [-0.3, -0.25) is 4.90 Å². The average molecular weight is 272 g/mol. The number of nitrogens with zero attached hydrogens (tertiary/aromatic N) is 1. The Labute approximate surface area is 111 Å². The van der Waals surface area contributed by atoms with E-state index in [0.717, 1.165) is 13.0 Å². The molecule has 1 aromatic rings. The zero-order chi connectivity index (χ0) is 13.3. The van der Waals surface area contributed by atoms with Crippen molar-refractivity contribution in [1.29, 1.82) is 0 Å². The first-order valence-electron chi connectivity index (χ1n) is 6.00. The van der Waals surface area contributed by atoms with E-state index in [4.69, 9.17) is 5.73 Å². The Morgan fingerprint density at radius 2 is 2.11 bits per heavy atom. The van der Waals surface area contributed by atoms with Crippen molar-refractivity contribution in [3.05, 3.63) is 29.3 Å². The van der Waals surface area contributed by atoms with Gasteiger partial charge < -0.3 is 5.73 Å². The quantitative estimate of drug-likeness (QED) is 0.858. The second-order valence-corrected chi connectivity index (χ2v) is 5.65. The monoisotopic (exact) mass is 272 g/mol. The highest BCUT2D eigenvalue weighted by atomic mass is 32.2. The summed E-state index contributed by atoms with van der Waals surface area (Å²) >= 11 is 1.22. The molecule has 0 spiro atoms. The Morgan fingerprint density at radius 1 is 1.39 bits per heavy atom. The van der Waals surface area contributed by atoms with E-state index in [9.17, 15) is 8.78 Å². The van der Waals surface area contributed by atoms with E-state index in [1.54, 1.807) is 6.26 Å². The third-order valence-corrected chi connectivity index (χ3v) is 4.35. The van der Waals surface area contributed by atoms with Crippen molar-refractivity contribution < 1.29 is 8.78 Å². The number of likely N-dealkylation sites (tertiary alicyclic amines) is 1. The minimum atomic E-state index is -0.344. The summed E-state index contributed by atoms with van der Waals surface area (Å²) in [6.07, 6.45) is 2.53. The zero-order valence-electron chi connectivity index (χ0n) is 10.6. The van der Waals surface area contributed by atoms with E-state index < -0.39 is 0 Å². The second kappa shape index (κ2) is 5.55. The molecule has 100 valence electrons. The number of benzene rings is 1. The van der Waals surface area contributed by atoms with Gasteiger partial charge >= 0.3 is 0 Å². The molecule has 2 rings (SSSR count). The molecule has 1 heterocycles. The summed E-state index contributed by atoms with van der Waals surface area (Å²) in [5, 5.41) is 0. The summed E-state index contributed by atoms with van der Waals surface area (Å²) in [6, 6.07) is 2.56. The fraction of sp³-hybridized carbons (Fsp3) is 0.538. The first-order valence-corrected chi connectivity index (χ1v) is 7.22. The van der Waals surface area contributed by atoms with Crippen LogP contribution in [-0.4, -0.2) is 31.3 Å². The summed E-state index contributed by atoms with van der Waals surface area (Å²) in [5.41, 5.74) is 6.10. The lowest BCUT2D eigenvalue weighted by Gasteiger charge is -2.20. The van der Waals surface area contributed by atoms with Gasteiger partial charge in [-0.15, -0.1) is 11.8 Å². The zero-order valence-corrected chi connectivity index (χ0v) is 11.4. The number of hydrogen-bond acceptors (Lipinski definition) is 3. The van der Waals surface area contributed by atoms with Crippen LogP contribution in [0.2, 0.25) is 0 Å². The first kappa shape index (κ1) is 13.8. The van der Waals surface area contributed by atoms with Crippen LogP contribution in [0, 0.1) is 17.6 Å². The summed E-state index contributed by atoms with van der Waals surface area (Å²) in [7, 11) is 1.93. The molecule has 2 unspecified atom stereocenters. The Kier molecular flexibility index (Phi) is 4.25. The van der Waals surface area contributed by atoms with Crippen molar-refractivity contribution in [3.63, 3.8) is 0 Å². The Hall–Kier alpha value is -0.650. The number of rotatable bonds is 3. The molecule has 0 saturated carbocycles. The molecular formula is C13H18F2N2S. The molecule has 0 amide bonds. The van der Waals surface area contributed by atoms with Gasteiger partial charge in [0.05, 0.1) is 0 Å². The highest BCUT2D eigenvalue weighted by molar-refractivity contribution is 7.98. The molecular weight excluding hydrogens is 254 g/mol. The van der Waals surface area contributed by atoms with Crippen molar-refractivity contribution in [2.45, 2.75) is 17.4 Å². The molecule has 1 fully saturated rings. The third kappa shape index (κ3) is 2.53. The Bertz CT molecular complexity index is 439. The van der Waals surface area contributed by atoms with E-state index in [1.807, 2.05) is 11.9 Å². The van der Waals surface area contributed by atoms with Crippen LogP contribution in [0.15, 0.2) is 17.0 Å². The molecule has 0 bridgehead atoms. The number of nitrogens with two attached hydrogens (primary N) is 1. The molecule has 1 aliphatic rings. The maximum atomic E-state index is 14.0. The van der Waals surface area contributed by atoms with Gasteiger partial charge in [0.25, 0.3) is 0 Å². The van der Waals surface area contributed by atoms with Crippen LogP contribution < -0.4 is 5.73 Å². The maximum Gasteiger partial charge on any atom is 0.137 e. The molecule has 2 nitrogen and oxygen atoms in total. The van der Waals surface area contributed by atoms with Gasteiger partial charge in [0.2, 0.25) is 0 Å². The van der Waals surface area contributed by atoms with Crippen LogP contribution in [0.1, 0.15) is 18.0 Å². The van der Waals surface area contributed by atoms with Crippen molar-refractivity contribution >= 4 is 11.8 Å². The van der Waals surface area contributed by atoms with Gasteiger partial charge in [0.15, 0.2) is 0 Å². The molecule has 0 aromatic heterocycles. The van der Waals surface area contributed by atoms with Crippen LogP contribution in [0.3, 0.4) is 0 Å². The molecule has 1 saturated heterocycles. The van der Waals surface area contributed by atoms with Crippen LogP contribution in [0.4, 0.5) is 8.78 Å². The lowest BCUT2D eigenvalue weighted by molar-refractivity contribution is 0.305. The van der Waals surface area contributed by atoms with Gasteiger partial charge in [-0.2, -0.15) is 0 Å². The van der Waals surface area contributed by atoms with Crippen molar-refractivity contribution in [2.75, 3.05) is 26.4 Å². The number of hydrogen-bond donors (Lipinski definition) is 1. The first-order chi connectivity index (χ1) is 8.56. The maximum absolute atomic E-state index is 14.0. The van der Waals surface area contributed by atoms with Crippen LogP contribution in [0.25, 0.3) is 0 Å². The van der Waals surface area contributed by atoms with Crippen LogP contribution >= 0.6 is 11.8 Å². The van der Waals surface area contributed by atoms with Crippen LogP contribution in [-0.2, 0) is 0 Å². The van der Waals surface area contributed by atoms with Gasteiger partial charge in [-0.05, 0) is 44.3 Å². The SMILES string of the molecule is CSc1cc(F)c(C2CC(CN)CN2C)cc1F. The Balaban J connectivity index is 2.31. The summed E-state index contributed by atoms with van der Waals surface area (Å²) in [4.78, 5) is 2.40. The summed E-state index contributed by atoms with van der Waals surface area (Å²) in [6.45, 7) is 1.43. The van der Waals surface area contributed by atoms with E-state index in [-0.39, 0.29) is 17.7 Å². The highest BCUT2D eigenvalue weighted by Crippen LogP contribution is 2.36. The summed E-state index contributed by atoms with van der Waals surface area (Å²) < 4.78 is 27.8. The standard InChI is InChI=1S/C13H18F2N2S/c1-17-7-8(6-16)3-12(17)9-4-11(15)13(18-2)5-10(9)14/h4-5,8,12H,3,6-7,16H2,1-2H3. The largest absolute Gasteiger partial charge is 0.330 e. The molecule has 0 aliphatic carbocycles. The molecule has 0 radical (unpaired) electrons. The van der Waals surface area contributed by atoms with Gasteiger partial charge in [-0.25, -0.2) is 8.78 Å². The molecule has 2 atom stereocenters. The van der Waals surface area contributed by atoms with Crippen molar-refractivity contribution in [3.8, 4) is 0 Å². The van der Waals surface area contributed by atoms with Crippen molar-refractivity contribution in [1.82, 2.24) is 4.90 Å². The second-order valence-electron chi connectivity index (χ2n) is 4.80. The average Bonchev–Trinajstić information content (AvgIpc) is 2.73. The highest BCUT2D eigenvalue weighted by Gasteiger charge is 2.31. The third-order valence-electron chi connectivity index (χ3n) is 3.60. The normalized spacial score (nSPS) is 24.7. The predicted octanol–water partition coefficient (Wildman–Crippen LogP) is 2.64. The van der Waals surface area contributed by atoms with Crippen molar-refractivity contribution in [2.24, 2.45) is 11.7 Å². The molecule has 1 aromatic carbocycles. The minimum Gasteiger partial charge on any atom is -0.330 e. The number of thioether (sulfide) groups is 1. The van der Waals surface area contributed by atoms with E-state index in [0.29, 0.717) is 22.9 Å². The predicted molar refractivity (Wildman–Crippen MR) is 70.7 cm³/mol.